The first-order valence-electron chi connectivity index (χ1n) is 20.5. The Morgan fingerprint density at radius 1 is 0.576 bits per heavy atom. The summed E-state index contributed by atoms with van der Waals surface area (Å²) in [6.45, 7) is 4.42. The zero-order chi connectivity index (χ0) is 39.8. The number of fused-ring (bicyclic) bond motifs is 4. The number of hydrogen-bond donors (Lipinski definition) is 2. The highest BCUT2D eigenvalue weighted by Crippen LogP contribution is 2.49. The summed E-state index contributed by atoms with van der Waals surface area (Å²) in [5.74, 6) is 0. The normalized spacial score (nSPS) is 14.8. The number of benzene rings is 8. The van der Waals surface area contributed by atoms with E-state index in [0.29, 0.717) is 0 Å². The van der Waals surface area contributed by atoms with E-state index in [1.165, 1.54) is 82.9 Å². The van der Waals surface area contributed by atoms with E-state index < -0.39 is 0 Å². The van der Waals surface area contributed by atoms with Crippen LogP contribution in [0.25, 0.3) is 43.8 Å². The Labute approximate surface area is 346 Å². The molecule has 2 N–H and O–H groups in total. The molecule has 0 bridgehead atoms. The molecule has 1 heterocycles. The van der Waals surface area contributed by atoms with Gasteiger partial charge in [0.05, 0.1) is 11.7 Å². The second kappa shape index (κ2) is 15.2. The van der Waals surface area contributed by atoms with Crippen molar-refractivity contribution in [3.8, 4) is 22.3 Å². The largest absolute Gasteiger partial charge is 0.375 e. The molecule has 1 aliphatic heterocycles. The van der Waals surface area contributed by atoms with Crippen molar-refractivity contribution in [2.45, 2.75) is 25.3 Å². The highest BCUT2D eigenvalue weighted by Gasteiger charge is 2.35. The predicted octanol–water partition coefficient (Wildman–Crippen LogP) is 14.7. The van der Waals surface area contributed by atoms with Gasteiger partial charge in [-0.25, -0.2) is 0 Å². The molecule has 2 nitrogen and oxygen atoms in total. The molecule has 0 saturated carbocycles. The third-order valence-corrected chi connectivity index (χ3v) is 12.1. The SMILES string of the molecule is CC(C1=C(C2=CC(Nc3ccc(-c4ccc5c6c(cccc46)-c4ccc6ccccc6c4N5)cc3)C=C2)C=C=C1)(c1ccccc1)c1ccccc1.Cc1ccccc1. The molecule has 11 rings (SSSR count). The molecule has 0 aromatic heterocycles. The molecular formula is C57H44N2. The molecule has 8 aromatic carbocycles. The molecule has 2 heteroatoms. The lowest BCUT2D eigenvalue weighted by Gasteiger charge is -2.33. The minimum Gasteiger partial charge on any atom is -0.375 e. The highest BCUT2D eigenvalue weighted by atomic mass is 14.9. The highest BCUT2D eigenvalue weighted by molar-refractivity contribution is 6.18. The van der Waals surface area contributed by atoms with E-state index in [4.69, 9.17) is 0 Å². The van der Waals surface area contributed by atoms with Crippen LogP contribution in [0.1, 0.15) is 23.6 Å². The molecule has 0 radical (unpaired) electrons. The summed E-state index contributed by atoms with van der Waals surface area (Å²) in [6.07, 6.45) is 11.1. The Morgan fingerprint density at radius 2 is 1.24 bits per heavy atom. The summed E-state index contributed by atoms with van der Waals surface area (Å²) in [7, 11) is 0. The van der Waals surface area contributed by atoms with Crippen molar-refractivity contribution < 1.29 is 0 Å². The number of allylic oxidation sites excluding steroid dienone is 5. The van der Waals surface area contributed by atoms with Crippen LogP contribution in [0.2, 0.25) is 0 Å². The van der Waals surface area contributed by atoms with Crippen molar-refractivity contribution in [3.63, 3.8) is 0 Å². The lowest BCUT2D eigenvalue weighted by molar-refractivity contribution is 0.688. The topological polar surface area (TPSA) is 24.1 Å². The first kappa shape index (κ1) is 36.0. The number of nitrogens with one attached hydrogen (secondary N) is 2. The van der Waals surface area contributed by atoms with E-state index in [0.717, 1.165) is 11.4 Å². The van der Waals surface area contributed by atoms with Crippen LogP contribution in [0.5, 0.6) is 0 Å². The van der Waals surface area contributed by atoms with Crippen molar-refractivity contribution in [1.82, 2.24) is 0 Å². The maximum Gasteiger partial charge on any atom is 0.0640 e. The van der Waals surface area contributed by atoms with E-state index in [1.807, 2.05) is 18.2 Å². The zero-order valence-electron chi connectivity index (χ0n) is 33.3. The van der Waals surface area contributed by atoms with Gasteiger partial charge in [-0.15, -0.1) is 5.73 Å². The fraction of sp³-hybridized carbons (Fsp3) is 0.0702. The molecule has 59 heavy (non-hydrogen) atoms. The Bertz CT molecular complexity index is 2980. The fourth-order valence-corrected chi connectivity index (χ4v) is 9.04. The van der Waals surface area contributed by atoms with Crippen LogP contribution in [-0.4, -0.2) is 6.04 Å². The Balaban J connectivity index is 0.000000547. The lowest BCUT2D eigenvalue weighted by atomic mass is 9.69. The standard InChI is InChI=1S/C50H36N2.C7H8/c1-50(36-13-4-2-5-14-36,37-15-6-3-7-16-37)46-21-11-18-41(46)35-24-28-39(32-35)51-38-26-22-34(23-27-38)40-30-31-47-48-43(40)19-10-20-44(48)45-29-25-33-12-8-9-17-42(33)49(45)52-47;1-7-5-3-2-4-6-7/h2-10,12-32,39,51-52H,1H3;2-6H,1H3. The molecule has 2 aliphatic carbocycles. The summed E-state index contributed by atoms with van der Waals surface area (Å²) in [5.41, 5.74) is 19.1. The van der Waals surface area contributed by atoms with Crippen LogP contribution in [0.4, 0.5) is 17.1 Å². The maximum atomic E-state index is 3.79. The Morgan fingerprint density at radius 3 is 1.95 bits per heavy atom. The van der Waals surface area contributed by atoms with Gasteiger partial charge in [-0.05, 0) is 99.5 Å². The molecule has 0 amide bonds. The van der Waals surface area contributed by atoms with Crippen molar-refractivity contribution in [1.29, 1.82) is 0 Å². The van der Waals surface area contributed by atoms with Crippen molar-refractivity contribution >= 4 is 38.6 Å². The molecule has 0 spiro atoms. The van der Waals surface area contributed by atoms with E-state index in [9.17, 15) is 0 Å². The minimum absolute atomic E-state index is 0.0889. The minimum atomic E-state index is -0.316. The van der Waals surface area contributed by atoms with Gasteiger partial charge in [0.2, 0.25) is 0 Å². The van der Waals surface area contributed by atoms with Crippen LogP contribution in [0, 0.1) is 6.92 Å². The van der Waals surface area contributed by atoms with Gasteiger partial charge in [-0.1, -0.05) is 188 Å². The smallest absolute Gasteiger partial charge is 0.0640 e. The van der Waals surface area contributed by atoms with E-state index in [-0.39, 0.29) is 11.5 Å². The molecule has 8 aromatic rings. The Hall–Kier alpha value is -7.38. The number of aryl methyl sites for hydroxylation is 1. The monoisotopic (exact) mass is 756 g/mol. The van der Waals surface area contributed by atoms with Gasteiger partial charge < -0.3 is 10.6 Å². The molecule has 3 aliphatic rings. The first-order chi connectivity index (χ1) is 29.0. The van der Waals surface area contributed by atoms with Crippen LogP contribution in [-0.2, 0) is 5.41 Å². The summed E-state index contributed by atoms with van der Waals surface area (Å²) in [6, 6.07) is 65.2. The van der Waals surface area contributed by atoms with Crippen LogP contribution < -0.4 is 10.6 Å². The second-order valence-electron chi connectivity index (χ2n) is 15.7. The Kier molecular flexibility index (Phi) is 9.26. The van der Waals surface area contributed by atoms with E-state index in [1.54, 1.807) is 0 Å². The van der Waals surface area contributed by atoms with Gasteiger partial charge in [0, 0.05) is 33.1 Å². The summed E-state index contributed by atoms with van der Waals surface area (Å²) >= 11 is 0. The van der Waals surface area contributed by atoms with Crippen molar-refractivity contribution in [3.05, 3.63) is 252 Å². The van der Waals surface area contributed by atoms with Crippen molar-refractivity contribution in [2.24, 2.45) is 0 Å². The van der Waals surface area contributed by atoms with Crippen molar-refractivity contribution in [2.75, 3.05) is 10.6 Å². The quantitative estimate of drug-likeness (QED) is 0.158. The zero-order valence-corrected chi connectivity index (χ0v) is 33.3. The molecule has 0 saturated heterocycles. The predicted molar refractivity (Wildman–Crippen MR) is 250 cm³/mol. The summed E-state index contributed by atoms with van der Waals surface area (Å²) in [5, 5.41) is 12.6. The molecule has 1 unspecified atom stereocenters. The van der Waals surface area contributed by atoms with Gasteiger partial charge in [0.25, 0.3) is 0 Å². The van der Waals surface area contributed by atoms with Gasteiger partial charge in [0.1, 0.15) is 0 Å². The number of hydrogen-bond acceptors (Lipinski definition) is 2. The third-order valence-electron chi connectivity index (χ3n) is 12.1. The average molecular weight is 757 g/mol. The van der Waals surface area contributed by atoms with Gasteiger partial charge in [-0.3, -0.25) is 0 Å². The second-order valence-corrected chi connectivity index (χ2v) is 15.7. The molecule has 282 valence electrons. The molecule has 1 atom stereocenters. The average Bonchev–Trinajstić information content (AvgIpc) is 3.98. The lowest BCUT2D eigenvalue weighted by Crippen LogP contribution is -2.26. The van der Waals surface area contributed by atoms with Crippen LogP contribution >= 0.6 is 0 Å². The summed E-state index contributed by atoms with van der Waals surface area (Å²) < 4.78 is 0. The van der Waals surface area contributed by atoms with Gasteiger partial charge >= 0.3 is 0 Å². The van der Waals surface area contributed by atoms with E-state index in [2.05, 4.69) is 224 Å². The first-order valence-corrected chi connectivity index (χ1v) is 20.5. The molecule has 0 fully saturated rings. The van der Waals surface area contributed by atoms with Crippen LogP contribution in [0.15, 0.2) is 235 Å². The number of anilines is 3. The van der Waals surface area contributed by atoms with Gasteiger partial charge in [0.15, 0.2) is 0 Å². The summed E-state index contributed by atoms with van der Waals surface area (Å²) in [4.78, 5) is 0. The third kappa shape index (κ3) is 6.60. The maximum absolute atomic E-state index is 3.79. The van der Waals surface area contributed by atoms with E-state index >= 15 is 0 Å². The molecular weight excluding hydrogens is 713 g/mol. The fourth-order valence-electron chi connectivity index (χ4n) is 9.04. The van der Waals surface area contributed by atoms with Gasteiger partial charge in [-0.2, -0.15) is 0 Å². The van der Waals surface area contributed by atoms with Crippen LogP contribution in [0.3, 0.4) is 0 Å². The number of rotatable bonds is 7.